The largest absolute Gasteiger partial charge is 0.491 e. The minimum atomic E-state index is 0.589. The van der Waals surface area contributed by atoms with E-state index < -0.39 is 0 Å². The third kappa shape index (κ3) is 1.62. The molecule has 0 saturated carbocycles. The van der Waals surface area contributed by atoms with Crippen molar-refractivity contribution in [1.29, 1.82) is 0 Å². The van der Waals surface area contributed by atoms with Gasteiger partial charge < -0.3 is 4.74 Å². The van der Waals surface area contributed by atoms with Gasteiger partial charge in [-0.15, -0.1) is 0 Å². The zero-order chi connectivity index (χ0) is 10.1. The van der Waals surface area contributed by atoms with Crippen molar-refractivity contribution in [3.63, 3.8) is 0 Å². The maximum Gasteiger partial charge on any atom is 0.145 e. The van der Waals surface area contributed by atoms with Crippen molar-refractivity contribution in [2.75, 3.05) is 6.61 Å². The van der Waals surface area contributed by atoms with Crippen LogP contribution in [0.15, 0.2) is 18.2 Å². The van der Waals surface area contributed by atoms with Gasteiger partial charge in [-0.05, 0) is 24.6 Å². The van der Waals surface area contributed by atoms with Gasteiger partial charge in [0.25, 0.3) is 0 Å². The Hall–Kier alpha value is -0.660. The first-order chi connectivity index (χ1) is 6.72. The molecule has 0 atom stereocenters. The summed E-state index contributed by atoms with van der Waals surface area (Å²) in [6.07, 6.45) is 2.99. The van der Waals surface area contributed by atoms with Gasteiger partial charge in [0.1, 0.15) is 5.75 Å². The second-order valence-corrected chi connectivity index (χ2v) is 4.02. The Morgan fingerprint density at radius 1 is 1.36 bits per heavy atom. The summed E-state index contributed by atoms with van der Waals surface area (Å²) in [7, 11) is 0. The number of halogens is 2. The van der Waals surface area contributed by atoms with Crippen LogP contribution in [0.3, 0.4) is 0 Å². The van der Waals surface area contributed by atoms with Gasteiger partial charge in [-0.25, -0.2) is 0 Å². The summed E-state index contributed by atoms with van der Waals surface area (Å²) in [5.74, 6) is 0.760. The van der Waals surface area contributed by atoms with Crippen LogP contribution in [-0.2, 0) is 0 Å². The average molecular weight is 229 g/mol. The fraction of sp³-hybridized carbons (Fsp3) is 0.273. The molecule has 1 aliphatic rings. The first-order valence-corrected chi connectivity index (χ1v) is 5.25. The minimum Gasteiger partial charge on any atom is -0.491 e. The van der Waals surface area contributed by atoms with Gasteiger partial charge in [0.05, 0.1) is 11.6 Å². The van der Waals surface area contributed by atoms with Crippen molar-refractivity contribution in [2.45, 2.75) is 13.3 Å². The van der Waals surface area contributed by atoms with E-state index in [1.807, 2.05) is 13.0 Å². The summed E-state index contributed by atoms with van der Waals surface area (Å²) >= 11 is 12.0. The molecule has 0 unspecified atom stereocenters. The summed E-state index contributed by atoms with van der Waals surface area (Å²) in [6.45, 7) is 2.70. The minimum absolute atomic E-state index is 0.589. The van der Waals surface area contributed by atoms with Crippen LogP contribution in [-0.4, -0.2) is 6.61 Å². The molecule has 14 heavy (non-hydrogen) atoms. The predicted molar refractivity (Wildman–Crippen MR) is 60.2 cm³/mol. The lowest BCUT2D eigenvalue weighted by Crippen LogP contribution is -2.08. The Bertz CT molecular complexity index is 397. The standard InChI is InChI=1S/C11H10Cl2O/c1-2-7-3-4-14-11-9(7)5-8(12)6-10(11)13/h2,5-6H,3-4H2,1H3/b7-2+. The summed E-state index contributed by atoms with van der Waals surface area (Å²) in [5.41, 5.74) is 2.27. The van der Waals surface area contributed by atoms with Crippen molar-refractivity contribution >= 4 is 28.8 Å². The van der Waals surface area contributed by atoms with Crippen molar-refractivity contribution in [3.05, 3.63) is 33.8 Å². The summed E-state index contributed by atoms with van der Waals surface area (Å²) in [4.78, 5) is 0. The third-order valence-corrected chi connectivity index (χ3v) is 2.82. The van der Waals surface area contributed by atoms with Crippen molar-refractivity contribution in [2.24, 2.45) is 0 Å². The van der Waals surface area contributed by atoms with Crippen LogP contribution < -0.4 is 4.74 Å². The average Bonchev–Trinajstić information content (AvgIpc) is 2.17. The van der Waals surface area contributed by atoms with Gasteiger partial charge in [-0.2, -0.15) is 0 Å². The number of rotatable bonds is 0. The number of ether oxygens (including phenoxy) is 1. The molecule has 0 N–H and O–H groups in total. The summed E-state index contributed by atoms with van der Waals surface area (Å²) < 4.78 is 5.51. The molecule has 0 fully saturated rings. The Labute approximate surface area is 93.3 Å². The molecule has 1 aromatic carbocycles. The third-order valence-electron chi connectivity index (χ3n) is 2.32. The Morgan fingerprint density at radius 3 is 2.86 bits per heavy atom. The highest BCUT2D eigenvalue weighted by Crippen LogP contribution is 2.40. The molecule has 0 radical (unpaired) electrons. The highest BCUT2D eigenvalue weighted by Gasteiger charge is 2.18. The lowest BCUT2D eigenvalue weighted by Gasteiger charge is -2.21. The molecule has 0 saturated heterocycles. The summed E-state index contributed by atoms with van der Waals surface area (Å²) in [5, 5.41) is 1.24. The van der Waals surface area contributed by atoms with Crippen LogP contribution in [0.2, 0.25) is 10.0 Å². The van der Waals surface area contributed by atoms with E-state index in [1.54, 1.807) is 6.07 Å². The lowest BCUT2D eigenvalue weighted by atomic mass is 10.00. The highest BCUT2D eigenvalue weighted by atomic mass is 35.5. The van der Waals surface area contributed by atoms with E-state index in [9.17, 15) is 0 Å². The Balaban J connectivity index is 2.62. The molecule has 0 bridgehead atoms. The molecule has 0 amide bonds. The van der Waals surface area contributed by atoms with E-state index in [0.717, 1.165) is 17.7 Å². The van der Waals surface area contributed by atoms with Crippen molar-refractivity contribution in [1.82, 2.24) is 0 Å². The van der Waals surface area contributed by atoms with Crippen LogP contribution in [0.1, 0.15) is 18.9 Å². The predicted octanol–water partition coefficient (Wildman–Crippen LogP) is 4.18. The zero-order valence-corrected chi connectivity index (χ0v) is 9.32. The van der Waals surface area contributed by atoms with E-state index >= 15 is 0 Å². The normalized spacial score (nSPS) is 17.8. The maximum atomic E-state index is 6.03. The van der Waals surface area contributed by atoms with Gasteiger partial charge in [-0.1, -0.05) is 29.3 Å². The van der Waals surface area contributed by atoms with Crippen LogP contribution in [0.5, 0.6) is 5.75 Å². The molecular weight excluding hydrogens is 219 g/mol. The lowest BCUT2D eigenvalue weighted by molar-refractivity contribution is 0.316. The quantitative estimate of drug-likeness (QED) is 0.648. The molecular formula is C11H10Cl2O. The van der Waals surface area contributed by atoms with E-state index in [1.165, 1.54) is 5.57 Å². The van der Waals surface area contributed by atoms with Crippen LogP contribution in [0.4, 0.5) is 0 Å². The van der Waals surface area contributed by atoms with Crippen LogP contribution >= 0.6 is 23.2 Å². The van der Waals surface area contributed by atoms with Crippen molar-refractivity contribution < 1.29 is 4.74 Å². The molecule has 1 nitrogen and oxygen atoms in total. The van der Waals surface area contributed by atoms with Gasteiger partial charge in [0.2, 0.25) is 0 Å². The fourth-order valence-corrected chi connectivity index (χ4v) is 2.19. The van der Waals surface area contributed by atoms with Gasteiger partial charge >= 0.3 is 0 Å². The number of allylic oxidation sites excluding steroid dienone is 1. The van der Waals surface area contributed by atoms with E-state index in [4.69, 9.17) is 27.9 Å². The zero-order valence-electron chi connectivity index (χ0n) is 7.81. The smallest absolute Gasteiger partial charge is 0.145 e. The number of fused-ring (bicyclic) bond motifs is 1. The van der Waals surface area contributed by atoms with Gasteiger partial charge in [0.15, 0.2) is 0 Å². The Morgan fingerprint density at radius 2 is 2.14 bits per heavy atom. The van der Waals surface area contributed by atoms with Crippen molar-refractivity contribution in [3.8, 4) is 5.75 Å². The molecule has 74 valence electrons. The molecule has 1 aromatic rings. The monoisotopic (exact) mass is 228 g/mol. The molecule has 0 spiro atoms. The number of benzene rings is 1. The fourth-order valence-electron chi connectivity index (χ4n) is 1.64. The maximum absolute atomic E-state index is 6.03. The van der Waals surface area contributed by atoms with Crippen LogP contribution in [0.25, 0.3) is 5.57 Å². The van der Waals surface area contributed by atoms with Gasteiger partial charge in [0, 0.05) is 17.0 Å². The topological polar surface area (TPSA) is 9.23 Å². The van der Waals surface area contributed by atoms with E-state index in [0.29, 0.717) is 16.7 Å². The summed E-state index contributed by atoms with van der Waals surface area (Å²) in [6, 6.07) is 3.61. The molecule has 3 heteroatoms. The van der Waals surface area contributed by atoms with Crippen LogP contribution in [0, 0.1) is 0 Å². The molecule has 2 rings (SSSR count). The second kappa shape index (κ2) is 3.84. The second-order valence-electron chi connectivity index (χ2n) is 3.18. The SMILES string of the molecule is C/C=C1\CCOc2c(Cl)cc(Cl)cc21. The molecule has 0 aliphatic carbocycles. The highest BCUT2D eigenvalue weighted by molar-refractivity contribution is 6.36. The number of hydrogen-bond donors (Lipinski definition) is 0. The molecule has 1 heterocycles. The first kappa shape index (κ1) is 9.88. The Kier molecular flexibility index (Phi) is 2.71. The molecule has 0 aromatic heterocycles. The molecule has 1 aliphatic heterocycles. The van der Waals surface area contributed by atoms with E-state index in [2.05, 4.69) is 6.08 Å². The first-order valence-electron chi connectivity index (χ1n) is 4.50. The number of hydrogen-bond acceptors (Lipinski definition) is 1. The van der Waals surface area contributed by atoms with Gasteiger partial charge in [-0.3, -0.25) is 0 Å². The van der Waals surface area contributed by atoms with E-state index in [-0.39, 0.29) is 0 Å².